The number of carbonyl (C=O) groups excluding carboxylic acids is 2. The van der Waals surface area contributed by atoms with Gasteiger partial charge in [0.15, 0.2) is 0 Å². The Kier molecular flexibility index (Phi) is 7.10. The number of aryl methyl sites for hydroxylation is 1. The lowest BCUT2D eigenvalue weighted by Crippen LogP contribution is -2.41. The van der Waals surface area contributed by atoms with E-state index in [9.17, 15) is 9.59 Å². The fourth-order valence-corrected chi connectivity index (χ4v) is 4.22. The molecule has 2 saturated heterocycles. The molecule has 0 bridgehead atoms. The summed E-state index contributed by atoms with van der Waals surface area (Å²) in [5, 5.41) is 0. The molecule has 1 atom stereocenters. The number of benzene rings is 1. The highest BCUT2D eigenvalue weighted by molar-refractivity contribution is 5.77. The summed E-state index contributed by atoms with van der Waals surface area (Å²) < 4.78 is 0. The third-order valence-electron chi connectivity index (χ3n) is 5.80. The number of hydrogen-bond donors (Lipinski definition) is 0. The summed E-state index contributed by atoms with van der Waals surface area (Å²) >= 11 is 0. The van der Waals surface area contributed by atoms with Crippen molar-refractivity contribution in [3.05, 3.63) is 35.9 Å². The van der Waals surface area contributed by atoms with E-state index in [1.165, 1.54) is 12.0 Å². The first-order valence-corrected chi connectivity index (χ1v) is 10.3. The van der Waals surface area contributed by atoms with E-state index in [2.05, 4.69) is 35.2 Å². The van der Waals surface area contributed by atoms with Gasteiger partial charge in [0, 0.05) is 39.0 Å². The molecule has 2 fully saturated rings. The van der Waals surface area contributed by atoms with Crippen molar-refractivity contribution in [1.29, 1.82) is 0 Å². The van der Waals surface area contributed by atoms with Crippen LogP contribution in [0.15, 0.2) is 30.3 Å². The highest BCUT2D eigenvalue weighted by atomic mass is 16.2. The molecular weight excluding hydrogens is 324 g/mol. The lowest BCUT2D eigenvalue weighted by Gasteiger charge is -2.33. The Hall–Kier alpha value is -1.84. The van der Waals surface area contributed by atoms with Crippen LogP contribution in [0.5, 0.6) is 0 Å². The first kappa shape index (κ1) is 18.9. The van der Waals surface area contributed by atoms with Crippen LogP contribution in [-0.4, -0.2) is 47.8 Å². The van der Waals surface area contributed by atoms with Crippen LogP contribution in [0, 0.1) is 5.92 Å². The molecule has 0 radical (unpaired) electrons. The molecule has 26 heavy (non-hydrogen) atoms. The van der Waals surface area contributed by atoms with Gasteiger partial charge >= 0.3 is 0 Å². The van der Waals surface area contributed by atoms with E-state index in [1.54, 1.807) is 0 Å². The van der Waals surface area contributed by atoms with Gasteiger partial charge in [-0.25, -0.2) is 0 Å². The SMILES string of the molecule is O=C1CCCCN1CCCC(=O)N1CCC[C@H](CCc2ccccc2)C1. The molecule has 2 aliphatic rings. The Bertz CT molecular complexity index is 587. The van der Waals surface area contributed by atoms with Crippen molar-refractivity contribution >= 4 is 11.8 Å². The Balaban J connectivity index is 1.37. The van der Waals surface area contributed by atoms with Crippen molar-refractivity contribution in [2.45, 2.75) is 57.8 Å². The molecule has 3 rings (SSSR count). The van der Waals surface area contributed by atoms with Gasteiger partial charge in [-0.3, -0.25) is 9.59 Å². The van der Waals surface area contributed by atoms with Gasteiger partial charge in [-0.05, 0) is 56.4 Å². The van der Waals surface area contributed by atoms with Crippen LogP contribution in [0.25, 0.3) is 0 Å². The first-order chi connectivity index (χ1) is 12.7. The van der Waals surface area contributed by atoms with Crippen molar-refractivity contribution in [3.8, 4) is 0 Å². The van der Waals surface area contributed by atoms with Crippen LogP contribution in [0.2, 0.25) is 0 Å². The molecule has 4 heteroatoms. The van der Waals surface area contributed by atoms with Crippen molar-refractivity contribution < 1.29 is 9.59 Å². The Morgan fingerprint density at radius 3 is 2.73 bits per heavy atom. The lowest BCUT2D eigenvalue weighted by molar-refractivity contribution is -0.136. The molecule has 0 unspecified atom stereocenters. The smallest absolute Gasteiger partial charge is 0.222 e. The van der Waals surface area contributed by atoms with Crippen molar-refractivity contribution in [3.63, 3.8) is 0 Å². The molecule has 1 aromatic rings. The Morgan fingerprint density at radius 2 is 1.92 bits per heavy atom. The lowest BCUT2D eigenvalue weighted by atomic mass is 9.91. The molecule has 0 spiro atoms. The molecular formula is C22H32N2O2. The van der Waals surface area contributed by atoms with E-state index in [0.29, 0.717) is 18.8 Å². The van der Waals surface area contributed by atoms with Crippen LogP contribution < -0.4 is 0 Å². The van der Waals surface area contributed by atoms with E-state index in [1.807, 2.05) is 4.90 Å². The zero-order valence-electron chi connectivity index (χ0n) is 15.9. The van der Waals surface area contributed by atoms with Crippen LogP contribution >= 0.6 is 0 Å². The molecule has 2 aliphatic heterocycles. The van der Waals surface area contributed by atoms with Crippen molar-refractivity contribution in [1.82, 2.24) is 9.80 Å². The van der Waals surface area contributed by atoms with Crippen molar-refractivity contribution in [2.24, 2.45) is 5.92 Å². The van der Waals surface area contributed by atoms with Gasteiger partial charge in [0.1, 0.15) is 0 Å². The van der Waals surface area contributed by atoms with E-state index in [0.717, 1.165) is 64.7 Å². The van der Waals surface area contributed by atoms with Gasteiger partial charge in [0.25, 0.3) is 0 Å². The molecule has 0 aromatic heterocycles. The predicted molar refractivity (Wildman–Crippen MR) is 104 cm³/mol. The number of nitrogens with zero attached hydrogens (tertiary/aromatic N) is 2. The van der Waals surface area contributed by atoms with Gasteiger partial charge in [-0.1, -0.05) is 30.3 Å². The maximum absolute atomic E-state index is 12.6. The number of carbonyl (C=O) groups is 2. The standard InChI is InChI=1S/C22H32N2O2/c25-21-11-4-5-15-23(21)16-7-12-22(26)24-17-6-10-20(18-24)14-13-19-8-2-1-3-9-19/h1-3,8-9,20H,4-7,10-18H2/t20-/m1/s1. The minimum absolute atomic E-state index is 0.266. The van der Waals surface area contributed by atoms with E-state index in [-0.39, 0.29) is 11.8 Å². The van der Waals surface area contributed by atoms with E-state index >= 15 is 0 Å². The molecule has 4 nitrogen and oxygen atoms in total. The van der Waals surface area contributed by atoms with Crippen molar-refractivity contribution in [2.75, 3.05) is 26.2 Å². The van der Waals surface area contributed by atoms with Gasteiger partial charge in [-0.2, -0.15) is 0 Å². The summed E-state index contributed by atoms with van der Waals surface area (Å²) in [7, 11) is 0. The second-order valence-corrected chi connectivity index (χ2v) is 7.81. The third-order valence-corrected chi connectivity index (χ3v) is 5.80. The summed E-state index contributed by atoms with van der Waals surface area (Å²) in [6.07, 6.45) is 8.81. The minimum Gasteiger partial charge on any atom is -0.343 e. The second kappa shape index (κ2) is 9.75. The molecule has 0 aliphatic carbocycles. The number of hydrogen-bond acceptors (Lipinski definition) is 2. The zero-order valence-corrected chi connectivity index (χ0v) is 15.9. The fourth-order valence-electron chi connectivity index (χ4n) is 4.22. The average Bonchev–Trinajstić information content (AvgIpc) is 2.69. The quantitative estimate of drug-likeness (QED) is 0.748. The van der Waals surface area contributed by atoms with Crippen LogP contribution in [0.1, 0.15) is 56.9 Å². The zero-order chi connectivity index (χ0) is 18.2. The summed E-state index contributed by atoms with van der Waals surface area (Å²) in [5.41, 5.74) is 1.39. The molecule has 2 amide bonds. The Labute approximate surface area is 157 Å². The fraction of sp³-hybridized carbons (Fsp3) is 0.636. The van der Waals surface area contributed by atoms with Crippen LogP contribution in [-0.2, 0) is 16.0 Å². The molecule has 142 valence electrons. The molecule has 2 heterocycles. The van der Waals surface area contributed by atoms with Crippen LogP contribution in [0.3, 0.4) is 0 Å². The van der Waals surface area contributed by atoms with Crippen LogP contribution in [0.4, 0.5) is 0 Å². The van der Waals surface area contributed by atoms with Gasteiger partial charge in [0.2, 0.25) is 11.8 Å². The molecule has 1 aromatic carbocycles. The monoisotopic (exact) mass is 356 g/mol. The number of rotatable bonds is 7. The topological polar surface area (TPSA) is 40.6 Å². The van der Waals surface area contributed by atoms with E-state index in [4.69, 9.17) is 0 Å². The summed E-state index contributed by atoms with van der Waals surface area (Å²) in [6, 6.07) is 10.6. The van der Waals surface area contributed by atoms with E-state index < -0.39 is 0 Å². The first-order valence-electron chi connectivity index (χ1n) is 10.3. The van der Waals surface area contributed by atoms with Gasteiger partial charge in [0.05, 0.1) is 0 Å². The summed E-state index contributed by atoms with van der Waals surface area (Å²) in [4.78, 5) is 28.4. The summed E-state index contributed by atoms with van der Waals surface area (Å²) in [5.74, 6) is 1.16. The average molecular weight is 357 g/mol. The number of piperidine rings is 2. The Morgan fingerprint density at radius 1 is 1.08 bits per heavy atom. The summed E-state index contributed by atoms with van der Waals surface area (Å²) in [6.45, 7) is 3.44. The highest BCUT2D eigenvalue weighted by Crippen LogP contribution is 2.22. The third kappa shape index (κ3) is 5.58. The molecule has 0 saturated carbocycles. The van der Waals surface area contributed by atoms with Gasteiger partial charge < -0.3 is 9.80 Å². The predicted octanol–water partition coefficient (Wildman–Crippen LogP) is 3.65. The normalized spacial score (nSPS) is 21.1. The van der Waals surface area contributed by atoms with Gasteiger partial charge in [-0.15, -0.1) is 0 Å². The number of amides is 2. The molecule has 0 N–H and O–H groups in total. The number of likely N-dealkylation sites (tertiary alicyclic amines) is 2. The maximum atomic E-state index is 12.6. The minimum atomic E-state index is 0.266. The highest BCUT2D eigenvalue weighted by Gasteiger charge is 2.24. The maximum Gasteiger partial charge on any atom is 0.222 e. The second-order valence-electron chi connectivity index (χ2n) is 7.81. The largest absolute Gasteiger partial charge is 0.343 e.